The van der Waals surface area contributed by atoms with Crippen molar-refractivity contribution < 1.29 is 9.53 Å². The fourth-order valence-electron chi connectivity index (χ4n) is 5.23. The van der Waals surface area contributed by atoms with Crippen LogP contribution in [0.5, 0.6) is 0 Å². The summed E-state index contributed by atoms with van der Waals surface area (Å²) in [6, 6.07) is 0.414. The van der Waals surface area contributed by atoms with Crippen LogP contribution in [0, 0.1) is 19.8 Å². The molecule has 3 heterocycles. The van der Waals surface area contributed by atoms with E-state index < -0.39 is 0 Å². The number of hydrogen-bond donors (Lipinski definition) is 0. The Bertz CT molecular complexity index is 1010. The third-order valence-electron chi connectivity index (χ3n) is 7.02. The first-order chi connectivity index (χ1) is 15.5. The summed E-state index contributed by atoms with van der Waals surface area (Å²) >= 11 is 2.99. The topological polar surface area (TPSA) is 64.4 Å². The SMILES string of the molecule is CCOCCCn1c(SCC(=O)N2CCC[C@H]3CCCC[C@H]32)nc2sc(C)c(C)c2c1=O. The molecule has 1 aliphatic carbocycles. The summed E-state index contributed by atoms with van der Waals surface area (Å²) in [6.07, 6.45) is 8.05. The van der Waals surface area contributed by atoms with Crippen molar-refractivity contribution in [1.82, 2.24) is 14.5 Å². The highest BCUT2D eigenvalue weighted by Crippen LogP contribution is 2.36. The summed E-state index contributed by atoms with van der Waals surface area (Å²) in [5.41, 5.74) is 1.03. The molecule has 176 valence electrons. The van der Waals surface area contributed by atoms with Crippen molar-refractivity contribution in [1.29, 1.82) is 0 Å². The Hall–Kier alpha value is -1.38. The van der Waals surface area contributed by atoms with Gasteiger partial charge in [0.15, 0.2) is 5.16 Å². The number of piperidine rings is 1. The van der Waals surface area contributed by atoms with Gasteiger partial charge in [-0.2, -0.15) is 0 Å². The number of carbonyl (C=O) groups excluding carboxylic acids is 1. The number of fused-ring (bicyclic) bond motifs is 2. The van der Waals surface area contributed by atoms with Gasteiger partial charge in [0.05, 0.1) is 11.1 Å². The van der Waals surface area contributed by atoms with Crippen molar-refractivity contribution in [2.75, 3.05) is 25.5 Å². The van der Waals surface area contributed by atoms with Crippen molar-refractivity contribution in [3.05, 3.63) is 20.8 Å². The van der Waals surface area contributed by atoms with Crippen LogP contribution in [0.2, 0.25) is 0 Å². The highest BCUT2D eigenvalue weighted by Gasteiger charge is 2.35. The zero-order valence-corrected chi connectivity index (χ0v) is 21.2. The molecule has 32 heavy (non-hydrogen) atoms. The maximum atomic E-state index is 13.4. The van der Waals surface area contributed by atoms with E-state index in [0.717, 1.165) is 46.5 Å². The average molecular weight is 478 g/mol. The summed E-state index contributed by atoms with van der Waals surface area (Å²) in [7, 11) is 0. The molecular formula is C24H35N3O3S2. The minimum Gasteiger partial charge on any atom is -0.382 e. The summed E-state index contributed by atoms with van der Waals surface area (Å²) in [5, 5.41) is 1.38. The van der Waals surface area contributed by atoms with Gasteiger partial charge in [0.1, 0.15) is 4.83 Å². The van der Waals surface area contributed by atoms with Crippen LogP contribution in [0.25, 0.3) is 10.2 Å². The number of aromatic nitrogens is 2. The molecule has 0 bridgehead atoms. The number of likely N-dealkylation sites (tertiary alicyclic amines) is 1. The van der Waals surface area contributed by atoms with Crippen molar-refractivity contribution in [2.24, 2.45) is 5.92 Å². The molecule has 2 fully saturated rings. The van der Waals surface area contributed by atoms with E-state index in [1.807, 2.05) is 20.8 Å². The predicted octanol–water partition coefficient (Wildman–Crippen LogP) is 4.77. The van der Waals surface area contributed by atoms with E-state index in [1.54, 1.807) is 15.9 Å². The van der Waals surface area contributed by atoms with Gasteiger partial charge in [-0.1, -0.05) is 24.6 Å². The molecule has 2 aromatic rings. The molecule has 1 amide bonds. The average Bonchev–Trinajstić information content (AvgIpc) is 3.09. The van der Waals surface area contributed by atoms with Gasteiger partial charge < -0.3 is 9.64 Å². The highest BCUT2D eigenvalue weighted by molar-refractivity contribution is 7.99. The first-order valence-corrected chi connectivity index (χ1v) is 13.8. The van der Waals surface area contributed by atoms with Crippen molar-refractivity contribution in [3.8, 4) is 0 Å². The van der Waals surface area contributed by atoms with E-state index in [4.69, 9.17) is 9.72 Å². The fourth-order valence-corrected chi connectivity index (χ4v) is 7.21. The second-order valence-electron chi connectivity index (χ2n) is 8.99. The number of aryl methyl sites for hydroxylation is 2. The molecule has 1 saturated carbocycles. The van der Waals surface area contributed by atoms with Crippen LogP contribution in [-0.4, -0.2) is 51.9 Å². The second-order valence-corrected chi connectivity index (χ2v) is 11.1. The summed E-state index contributed by atoms with van der Waals surface area (Å²) in [6.45, 7) is 8.72. The van der Waals surface area contributed by atoms with E-state index in [0.29, 0.717) is 42.6 Å². The maximum Gasteiger partial charge on any atom is 0.263 e. The lowest BCUT2D eigenvalue weighted by molar-refractivity contribution is -0.134. The van der Waals surface area contributed by atoms with Crippen molar-refractivity contribution in [2.45, 2.75) is 83.5 Å². The van der Waals surface area contributed by atoms with E-state index in [9.17, 15) is 9.59 Å². The van der Waals surface area contributed by atoms with Gasteiger partial charge in [0, 0.05) is 37.2 Å². The molecule has 0 radical (unpaired) electrons. The Labute approximate surface area is 198 Å². The van der Waals surface area contributed by atoms with Crippen LogP contribution in [0.15, 0.2) is 9.95 Å². The van der Waals surface area contributed by atoms with Gasteiger partial charge in [-0.15, -0.1) is 11.3 Å². The standard InChI is InChI=1S/C24H35N3O3S2/c1-4-30-14-8-13-27-23(29)21-16(2)17(3)32-22(21)25-24(27)31-15-20(28)26-12-7-10-18-9-5-6-11-19(18)26/h18-19H,4-15H2,1-3H3/t18-,19-/m1/s1. The number of rotatable bonds is 8. The largest absolute Gasteiger partial charge is 0.382 e. The second kappa shape index (κ2) is 10.7. The van der Waals surface area contributed by atoms with Crippen LogP contribution < -0.4 is 5.56 Å². The number of hydrogen-bond acceptors (Lipinski definition) is 6. The van der Waals surface area contributed by atoms with Gasteiger partial charge in [0.2, 0.25) is 5.91 Å². The molecule has 8 heteroatoms. The number of nitrogens with zero attached hydrogens (tertiary/aromatic N) is 3. The first kappa shape index (κ1) is 23.8. The molecule has 6 nitrogen and oxygen atoms in total. The van der Waals surface area contributed by atoms with Crippen LogP contribution >= 0.6 is 23.1 Å². The number of ether oxygens (including phenoxy) is 1. The lowest BCUT2D eigenvalue weighted by Crippen LogP contribution is -2.50. The molecule has 0 aromatic carbocycles. The third-order valence-corrected chi connectivity index (χ3v) is 9.08. The molecule has 1 saturated heterocycles. The van der Waals surface area contributed by atoms with E-state index in [2.05, 4.69) is 4.90 Å². The quantitative estimate of drug-likeness (QED) is 0.311. The van der Waals surface area contributed by atoms with Crippen LogP contribution in [0.4, 0.5) is 0 Å². The number of amides is 1. The molecule has 2 aromatic heterocycles. The van der Waals surface area contributed by atoms with Gasteiger partial charge in [-0.05, 0) is 64.4 Å². The molecule has 4 rings (SSSR count). The summed E-state index contributed by atoms with van der Waals surface area (Å²) in [4.78, 5) is 35.5. The Morgan fingerprint density at radius 2 is 2.00 bits per heavy atom. The monoisotopic (exact) mass is 477 g/mol. The maximum absolute atomic E-state index is 13.4. The van der Waals surface area contributed by atoms with Crippen LogP contribution in [0.3, 0.4) is 0 Å². The Balaban J connectivity index is 1.54. The lowest BCUT2D eigenvalue weighted by Gasteiger charge is -2.44. The number of thiophene rings is 1. The van der Waals surface area contributed by atoms with Gasteiger partial charge in [0.25, 0.3) is 5.56 Å². The summed E-state index contributed by atoms with van der Waals surface area (Å²) in [5.74, 6) is 1.21. The predicted molar refractivity (Wildman–Crippen MR) is 132 cm³/mol. The summed E-state index contributed by atoms with van der Waals surface area (Å²) < 4.78 is 7.24. The van der Waals surface area contributed by atoms with E-state index in [-0.39, 0.29) is 11.5 Å². The van der Waals surface area contributed by atoms with Crippen LogP contribution in [-0.2, 0) is 16.1 Å². The van der Waals surface area contributed by atoms with Gasteiger partial charge in [-0.3, -0.25) is 14.2 Å². The molecule has 1 aliphatic heterocycles. The van der Waals surface area contributed by atoms with Crippen molar-refractivity contribution >= 4 is 39.2 Å². The molecule has 0 spiro atoms. The zero-order valence-electron chi connectivity index (χ0n) is 19.5. The highest BCUT2D eigenvalue weighted by atomic mass is 32.2. The van der Waals surface area contributed by atoms with Gasteiger partial charge in [-0.25, -0.2) is 4.98 Å². The van der Waals surface area contributed by atoms with E-state index >= 15 is 0 Å². The molecule has 0 unspecified atom stereocenters. The fraction of sp³-hybridized carbons (Fsp3) is 0.708. The molecule has 0 N–H and O–H groups in total. The first-order valence-electron chi connectivity index (χ1n) is 12.0. The third kappa shape index (κ3) is 4.92. The normalized spacial score (nSPS) is 21.2. The van der Waals surface area contributed by atoms with E-state index in [1.165, 1.54) is 37.4 Å². The Morgan fingerprint density at radius 1 is 1.22 bits per heavy atom. The number of carbonyl (C=O) groups is 1. The van der Waals surface area contributed by atoms with Gasteiger partial charge >= 0.3 is 0 Å². The van der Waals surface area contributed by atoms with Crippen LogP contribution in [0.1, 0.15) is 62.3 Å². The number of thioether (sulfide) groups is 1. The van der Waals surface area contributed by atoms with Crippen molar-refractivity contribution in [3.63, 3.8) is 0 Å². The Morgan fingerprint density at radius 3 is 2.81 bits per heavy atom. The minimum atomic E-state index is 0.00798. The minimum absolute atomic E-state index is 0.00798. The molecule has 2 aliphatic rings. The molecular weight excluding hydrogens is 442 g/mol. The lowest BCUT2D eigenvalue weighted by atomic mass is 9.78. The molecule has 2 atom stereocenters. The zero-order chi connectivity index (χ0) is 22.7. The smallest absolute Gasteiger partial charge is 0.263 e. The Kier molecular flexibility index (Phi) is 7.95.